The molecule has 2 aromatic heterocycles. The van der Waals surface area contributed by atoms with Crippen molar-refractivity contribution in [2.75, 3.05) is 0 Å². The summed E-state index contributed by atoms with van der Waals surface area (Å²) in [5.41, 5.74) is 7.09. The Kier molecular flexibility index (Phi) is 3.21. The van der Waals surface area contributed by atoms with Gasteiger partial charge in [0.05, 0.1) is 11.1 Å². The minimum atomic E-state index is 0.00488. The van der Waals surface area contributed by atoms with Gasteiger partial charge in [-0.3, -0.25) is 5.10 Å². The molecule has 0 radical (unpaired) electrons. The van der Waals surface area contributed by atoms with Crippen LogP contribution in [0, 0.1) is 0 Å². The van der Waals surface area contributed by atoms with E-state index >= 15 is 0 Å². The Labute approximate surface area is 117 Å². The number of H-pyrrole nitrogens is 1. The molecule has 0 aliphatic heterocycles. The van der Waals surface area contributed by atoms with E-state index in [-0.39, 0.29) is 5.84 Å². The van der Waals surface area contributed by atoms with Gasteiger partial charge in [-0.25, -0.2) is 9.97 Å². The number of hydrogen-bond donors (Lipinski definition) is 3. The largest absolute Gasteiger partial charge is 0.409 e. The van der Waals surface area contributed by atoms with E-state index in [1.54, 1.807) is 0 Å². The lowest BCUT2D eigenvalue weighted by molar-refractivity contribution is 0.318. The number of nitrogens with one attached hydrogen (secondary N) is 1. The summed E-state index contributed by atoms with van der Waals surface area (Å²) in [7, 11) is 0. The van der Waals surface area contributed by atoms with Crippen molar-refractivity contribution < 1.29 is 5.21 Å². The number of oxime groups is 1. The number of nitrogens with zero attached hydrogens (tertiary/aromatic N) is 4. The minimum Gasteiger partial charge on any atom is -0.409 e. The van der Waals surface area contributed by atoms with Crippen molar-refractivity contribution in [3.8, 4) is 0 Å². The Morgan fingerprint density at radius 3 is 2.95 bits per heavy atom. The second-order valence-electron chi connectivity index (χ2n) is 3.91. The normalized spacial score (nSPS) is 11.9. The van der Waals surface area contributed by atoms with Gasteiger partial charge in [0, 0.05) is 5.39 Å². The SMILES string of the molecule is NC(=NO)c1cc2ccccc2nc1Sc1ncn[nH]1. The molecule has 0 aliphatic rings. The molecule has 0 spiro atoms. The van der Waals surface area contributed by atoms with Crippen LogP contribution >= 0.6 is 11.8 Å². The van der Waals surface area contributed by atoms with Crippen molar-refractivity contribution in [3.05, 3.63) is 42.2 Å². The maximum atomic E-state index is 8.90. The van der Waals surface area contributed by atoms with Gasteiger partial charge in [0.1, 0.15) is 11.4 Å². The first-order valence-electron chi connectivity index (χ1n) is 5.69. The fourth-order valence-electron chi connectivity index (χ4n) is 1.75. The molecule has 0 amide bonds. The second kappa shape index (κ2) is 5.17. The molecule has 7 nitrogen and oxygen atoms in total. The van der Waals surface area contributed by atoms with Crippen molar-refractivity contribution in [2.24, 2.45) is 10.9 Å². The van der Waals surface area contributed by atoms with Crippen LogP contribution in [-0.4, -0.2) is 31.2 Å². The van der Waals surface area contributed by atoms with E-state index in [0.29, 0.717) is 15.7 Å². The average Bonchev–Trinajstić information content (AvgIpc) is 2.98. The number of hydrogen-bond acceptors (Lipinski definition) is 6. The van der Waals surface area contributed by atoms with Crippen molar-refractivity contribution in [3.63, 3.8) is 0 Å². The molecule has 20 heavy (non-hydrogen) atoms. The van der Waals surface area contributed by atoms with Crippen LogP contribution in [0.5, 0.6) is 0 Å². The van der Waals surface area contributed by atoms with Crippen molar-refractivity contribution in [1.82, 2.24) is 20.2 Å². The number of benzene rings is 1. The van der Waals surface area contributed by atoms with Crippen molar-refractivity contribution >= 4 is 28.5 Å². The molecule has 0 saturated heterocycles. The topological polar surface area (TPSA) is 113 Å². The summed E-state index contributed by atoms with van der Waals surface area (Å²) < 4.78 is 0. The smallest absolute Gasteiger partial charge is 0.189 e. The van der Waals surface area contributed by atoms with Gasteiger partial charge in [-0.1, -0.05) is 23.4 Å². The van der Waals surface area contributed by atoms with Gasteiger partial charge in [0.2, 0.25) is 0 Å². The van der Waals surface area contributed by atoms with Crippen LogP contribution in [0.15, 0.2) is 52.0 Å². The molecule has 3 aromatic rings. The van der Waals surface area contributed by atoms with Gasteiger partial charge in [0.15, 0.2) is 11.0 Å². The Bertz CT molecular complexity index is 771. The molecule has 2 heterocycles. The first kappa shape index (κ1) is 12.4. The third kappa shape index (κ3) is 2.28. The number of aromatic amines is 1. The molecule has 0 bridgehead atoms. The molecular formula is C12H10N6OS. The first-order valence-corrected chi connectivity index (χ1v) is 6.50. The second-order valence-corrected chi connectivity index (χ2v) is 4.89. The molecule has 0 fully saturated rings. The van der Waals surface area contributed by atoms with Crippen LogP contribution in [0.3, 0.4) is 0 Å². The zero-order valence-electron chi connectivity index (χ0n) is 10.2. The van der Waals surface area contributed by atoms with Crippen molar-refractivity contribution in [2.45, 2.75) is 10.2 Å². The van der Waals surface area contributed by atoms with Gasteiger partial charge in [-0.15, -0.1) is 0 Å². The van der Waals surface area contributed by atoms with E-state index in [9.17, 15) is 0 Å². The van der Waals surface area contributed by atoms with Crippen LogP contribution < -0.4 is 5.73 Å². The lowest BCUT2D eigenvalue weighted by atomic mass is 10.1. The highest BCUT2D eigenvalue weighted by molar-refractivity contribution is 7.99. The van der Waals surface area contributed by atoms with E-state index in [4.69, 9.17) is 10.9 Å². The van der Waals surface area contributed by atoms with Gasteiger partial charge < -0.3 is 10.9 Å². The lowest BCUT2D eigenvalue weighted by Gasteiger charge is -2.07. The highest BCUT2D eigenvalue weighted by Gasteiger charge is 2.13. The Morgan fingerprint density at radius 1 is 1.35 bits per heavy atom. The maximum absolute atomic E-state index is 8.90. The molecule has 0 atom stereocenters. The number of para-hydroxylation sites is 1. The van der Waals surface area contributed by atoms with E-state index in [1.807, 2.05) is 30.3 Å². The van der Waals surface area contributed by atoms with Crippen molar-refractivity contribution in [1.29, 1.82) is 0 Å². The minimum absolute atomic E-state index is 0.00488. The Balaban J connectivity index is 2.16. The van der Waals surface area contributed by atoms with Crippen LogP contribution in [0.4, 0.5) is 0 Å². The fraction of sp³-hybridized carbons (Fsp3) is 0. The zero-order chi connectivity index (χ0) is 13.9. The summed E-state index contributed by atoms with van der Waals surface area (Å²) in [6, 6.07) is 9.45. The zero-order valence-corrected chi connectivity index (χ0v) is 11.0. The van der Waals surface area contributed by atoms with E-state index in [1.165, 1.54) is 18.1 Å². The monoisotopic (exact) mass is 286 g/mol. The molecule has 0 saturated carbocycles. The Hall–Kier alpha value is -2.61. The van der Waals surface area contributed by atoms with E-state index in [0.717, 1.165) is 10.9 Å². The van der Waals surface area contributed by atoms with Crippen LogP contribution in [-0.2, 0) is 0 Å². The molecule has 0 aliphatic carbocycles. The Morgan fingerprint density at radius 2 is 2.20 bits per heavy atom. The number of nitrogens with two attached hydrogens (primary N) is 1. The van der Waals surface area contributed by atoms with Gasteiger partial charge in [0.25, 0.3) is 0 Å². The van der Waals surface area contributed by atoms with Crippen LogP contribution in [0.25, 0.3) is 10.9 Å². The number of pyridine rings is 1. The van der Waals surface area contributed by atoms with Gasteiger partial charge >= 0.3 is 0 Å². The summed E-state index contributed by atoms with van der Waals surface area (Å²) in [6.45, 7) is 0. The fourth-order valence-corrected chi connectivity index (χ4v) is 2.55. The third-order valence-corrected chi connectivity index (χ3v) is 3.55. The van der Waals surface area contributed by atoms with E-state index < -0.39 is 0 Å². The number of rotatable bonds is 3. The molecule has 8 heteroatoms. The average molecular weight is 286 g/mol. The van der Waals surface area contributed by atoms with Gasteiger partial charge in [-0.05, 0) is 23.9 Å². The van der Waals surface area contributed by atoms with Crippen LogP contribution in [0.2, 0.25) is 0 Å². The first-order chi connectivity index (χ1) is 9.78. The molecule has 1 aromatic carbocycles. The summed E-state index contributed by atoms with van der Waals surface area (Å²) >= 11 is 1.27. The quantitative estimate of drug-likeness (QED) is 0.292. The molecular weight excluding hydrogens is 276 g/mol. The summed E-state index contributed by atoms with van der Waals surface area (Å²) in [4.78, 5) is 8.55. The number of fused-ring (bicyclic) bond motifs is 1. The standard InChI is InChI=1S/C12H10N6OS/c13-10(18-19)8-5-7-3-1-2-4-9(7)16-11(8)20-12-14-6-15-17-12/h1-6,19H,(H2,13,18)(H,14,15,17). The van der Waals surface area contributed by atoms with Gasteiger partial charge in [-0.2, -0.15) is 5.10 Å². The molecule has 4 N–H and O–H groups in total. The summed E-state index contributed by atoms with van der Waals surface area (Å²) in [5, 5.41) is 20.6. The highest BCUT2D eigenvalue weighted by atomic mass is 32.2. The maximum Gasteiger partial charge on any atom is 0.189 e. The molecule has 3 rings (SSSR count). The third-order valence-electron chi connectivity index (χ3n) is 2.66. The summed E-state index contributed by atoms with van der Waals surface area (Å²) in [6.07, 6.45) is 1.41. The molecule has 100 valence electrons. The molecule has 0 unspecified atom stereocenters. The highest BCUT2D eigenvalue weighted by Crippen LogP contribution is 2.28. The summed E-state index contributed by atoms with van der Waals surface area (Å²) in [5.74, 6) is 0.00488. The predicted molar refractivity (Wildman–Crippen MR) is 74.8 cm³/mol. The van der Waals surface area contributed by atoms with E-state index in [2.05, 4.69) is 25.3 Å². The number of aromatic nitrogens is 4. The van der Waals surface area contributed by atoms with Crippen LogP contribution in [0.1, 0.15) is 5.56 Å². The number of amidine groups is 1. The predicted octanol–water partition coefficient (Wildman–Crippen LogP) is 1.60. The lowest BCUT2D eigenvalue weighted by Crippen LogP contribution is -2.15.